The Balaban J connectivity index is 1.85. The summed E-state index contributed by atoms with van der Waals surface area (Å²) in [5, 5.41) is 3.87. The maximum absolute atomic E-state index is 13.8. The molecule has 0 atom stereocenters. The fourth-order valence-corrected chi connectivity index (χ4v) is 2.45. The van der Waals surface area contributed by atoms with Crippen LogP contribution in [0.1, 0.15) is 18.4 Å². The summed E-state index contributed by atoms with van der Waals surface area (Å²) in [6, 6.07) is 9.67. The molecule has 0 bridgehead atoms. The Morgan fingerprint density at radius 3 is 2.45 bits per heavy atom. The average Bonchev–Trinajstić information content (AvgIpc) is 3.22. The second-order valence-corrected chi connectivity index (χ2v) is 5.50. The quantitative estimate of drug-likeness (QED) is 0.873. The van der Waals surface area contributed by atoms with Crippen LogP contribution in [0.4, 0.5) is 8.78 Å². The third-order valence-corrected chi connectivity index (χ3v) is 3.74. The van der Waals surface area contributed by atoms with Crippen molar-refractivity contribution in [3.8, 4) is 11.1 Å². The molecule has 2 aromatic carbocycles. The maximum atomic E-state index is 13.8. The van der Waals surface area contributed by atoms with E-state index in [9.17, 15) is 8.78 Å². The standard InChI is InChI=1S/C16H14ClF2N/c17-15-7-10(9-20-12-3-4-12)1-5-13(15)14-6-2-11(18)8-16(14)19/h1-2,5-8,12,20H,3-4,9H2. The van der Waals surface area contributed by atoms with Crippen LogP contribution < -0.4 is 5.32 Å². The highest BCUT2D eigenvalue weighted by molar-refractivity contribution is 6.33. The monoisotopic (exact) mass is 293 g/mol. The predicted octanol–water partition coefficient (Wildman–Crippen LogP) is 4.54. The smallest absolute Gasteiger partial charge is 0.133 e. The third-order valence-electron chi connectivity index (χ3n) is 3.43. The molecule has 0 aliphatic heterocycles. The normalized spacial score (nSPS) is 14.6. The van der Waals surface area contributed by atoms with Gasteiger partial charge in [-0.05, 0) is 36.6 Å². The number of rotatable bonds is 4. The lowest BCUT2D eigenvalue weighted by molar-refractivity contribution is 0.585. The second-order valence-electron chi connectivity index (χ2n) is 5.09. The summed E-state index contributed by atoms with van der Waals surface area (Å²) in [6.07, 6.45) is 2.46. The lowest BCUT2D eigenvalue weighted by Gasteiger charge is -2.09. The lowest BCUT2D eigenvalue weighted by atomic mass is 10.0. The van der Waals surface area contributed by atoms with E-state index in [2.05, 4.69) is 5.32 Å². The summed E-state index contributed by atoms with van der Waals surface area (Å²) in [4.78, 5) is 0. The molecule has 0 saturated heterocycles. The van der Waals surface area contributed by atoms with Gasteiger partial charge in [-0.2, -0.15) is 0 Å². The van der Waals surface area contributed by atoms with E-state index in [0.29, 0.717) is 22.2 Å². The first kappa shape index (κ1) is 13.5. The molecule has 0 amide bonds. The minimum atomic E-state index is -0.601. The highest BCUT2D eigenvalue weighted by Crippen LogP contribution is 2.31. The molecule has 1 aliphatic rings. The van der Waals surface area contributed by atoms with Crippen molar-refractivity contribution in [2.45, 2.75) is 25.4 Å². The van der Waals surface area contributed by atoms with Crippen molar-refractivity contribution in [3.05, 3.63) is 58.6 Å². The average molecular weight is 294 g/mol. The molecule has 3 rings (SSSR count). The zero-order chi connectivity index (χ0) is 14.1. The Hall–Kier alpha value is -1.45. The van der Waals surface area contributed by atoms with Gasteiger partial charge in [-0.1, -0.05) is 23.7 Å². The third kappa shape index (κ3) is 3.00. The highest BCUT2D eigenvalue weighted by Gasteiger charge is 2.20. The molecule has 4 heteroatoms. The van der Waals surface area contributed by atoms with E-state index in [1.807, 2.05) is 12.1 Å². The second kappa shape index (κ2) is 5.51. The van der Waals surface area contributed by atoms with Gasteiger partial charge in [0.05, 0.1) is 0 Å². The summed E-state index contributed by atoms with van der Waals surface area (Å²) >= 11 is 6.22. The van der Waals surface area contributed by atoms with Gasteiger partial charge in [0.15, 0.2) is 0 Å². The lowest BCUT2D eigenvalue weighted by Crippen LogP contribution is -2.15. The first-order valence-electron chi connectivity index (χ1n) is 6.61. The van der Waals surface area contributed by atoms with Crippen molar-refractivity contribution in [2.24, 2.45) is 0 Å². The van der Waals surface area contributed by atoms with E-state index in [1.165, 1.54) is 25.0 Å². The fourth-order valence-electron chi connectivity index (χ4n) is 2.14. The number of halogens is 3. The van der Waals surface area contributed by atoms with E-state index in [-0.39, 0.29) is 0 Å². The van der Waals surface area contributed by atoms with Crippen molar-refractivity contribution in [2.75, 3.05) is 0 Å². The molecule has 2 aromatic rings. The summed E-state index contributed by atoms with van der Waals surface area (Å²) < 4.78 is 26.7. The summed E-state index contributed by atoms with van der Waals surface area (Å²) in [6.45, 7) is 0.760. The summed E-state index contributed by atoms with van der Waals surface area (Å²) in [5.74, 6) is -1.19. The predicted molar refractivity (Wildman–Crippen MR) is 76.7 cm³/mol. The van der Waals surface area contributed by atoms with Gasteiger partial charge in [0, 0.05) is 34.8 Å². The van der Waals surface area contributed by atoms with Gasteiger partial charge in [-0.15, -0.1) is 0 Å². The molecular weight excluding hydrogens is 280 g/mol. The van der Waals surface area contributed by atoms with Crippen molar-refractivity contribution >= 4 is 11.6 Å². The van der Waals surface area contributed by atoms with E-state index < -0.39 is 11.6 Å². The van der Waals surface area contributed by atoms with E-state index in [4.69, 9.17) is 11.6 Å². The molecule has 0 radical (unpaired) electrons. The van der Waals surface area contributed by atoms with Crippen molar-refractivity contribution in [1.82, 2.24) is 5.32 Å². The first-order valence-corrected chi connectivity index (χ1v) is 6.98. The van der Waals surface area contributed by atoms with Crippen LogP contribution in [0, 0.1) is 11.6 Å². The van der Waals surface area contributed by atoms with E-state index in [1.54, 1.807) is 6.07 Å². The van der Waals surface area contributed by atoms with Gasteiger partial charge in [-0.3, -0.25) is 0 Å². The summed E-state index contributed by atoms with van der Waals surface area (Å²) in [7, 11) is 0. The van der Waals surface area contributed by atoms with Crippen molar-refractivity contribution in [1.29, 1.82) is 0 Å². The maximum Gasteiger partial charge on any atom is 0.133 e. The van der Waals surface area contributed by atoms with Crippen molar-refractivity contribution in [3.63, 3.8) is 0 Å². The van der Waals surface area contributed by atoms with Crippen LogP contribution in [0.2, 0.25) is 5.02 Å². The van der Waals surface area contributed by atoms with Crippen LogP contribution in [-0.4, -0.2) is 6.04 Å². The largest absolute Gasteiger partial charge is 0.310 e. The van der Waals surface area contributed by atoms with Gasteiger partial charge < -0.3 is 5.32 Å². The van der Waals surface area contributed by atoms with Crippen LogP contribution in [0.15, 0.2) is 36.4 Å². The molecule has 1 nitrogen and oxygen atoms in total. The SMILES string of the molecule is Fc1ccc(-c2ccc(CNC3CC3)cc2Cl)c(F)c1. The molecule has 0 heterocycles. The van der Waals surface area contributed by atoms with Crippen LogP contribution in [-0.2, 0) is 6.54 Å². The Kier molecular flexibility index (Phi) is 3.72. The van der Waals surface area contributed by atoms with Crippen LogP contribution in [0.25, 0.3) is 11.1 Å². The van der Waals surface area contributed by atoms with E-state index in [0.717, 1.165) is 18.2 Å². The van der Waals surface area contributed by atoms with Gasteiger partial charge in [-0.25, -0.2) is 8.78 Å². The molecule has 1 fully saturated rings. The topological polar surface area (TPSA) is 12.0 Å². The minimum Gasteiger partial charge on any atom is -0.310 e. The molecule has 1 saturated carbocycles. The fraction of sp³-hybridized carbons (Fsp3) is 0.250. The molecule has 1 aliphatic carbocycles. The highest BCUT2D eigenvalue weighted by atomic mass is 35.5. The zero-order valence-corrected chi connectivity index (χ0v) is 11.6. The zero-order valence-electron chi connectivity index (χ0n) is 10.8. The number of nitrogens with one attached hydrogen (secondary N) is 1. The Labute approximate surface area is 121 Å². The number of hydrogen-bond donors (Lipinski definition) is 1. The Bertz CT molecular complexity index is 638. The molecule has 0 unspecified atom stereocenters. The van der Waals surface area contributed by atoms with E-state index >= 15 is 0 Å². The van der Waals surface area contributed by atoms with Crippen LogP contribution >= 0.6 is 11.6 Å². The molecule has 1 N–H and O–H groups in total. The molecule has 0 spiro atoms. The Morgan fingerprint density at radius 1 is 1.05 bits per heavy atom. The molecule has 104 valence electrons. The van der Waals surface area contributed by atoms with Crippen LogP contribution in [0.5, 0.6) is 0 Å². The molecular formula is C16H14ClF2N. The molecule has 0 aromatic heterocycles. The van der Waals surface area contributed by atoms with Crippen molar-refractivity contribution < 1.29 is 8.78 Å². The van der Waals surface area contributed by atoms with Gasteiger partial charge in [0.25, 0.3) is 0 Å². The van der Waals surface area contributed by atoms with Gasteiger partial charge in [0.1, 0.15) is 11.6 Å². The molecule has 20 heavy (non-hydrogen) atoms. The Morgan fingerprint density at radius 2 is 1.80 bits per heavy atom. The van der Waals surface area contributed by atoms with Crippen LogP contribution in [0.3, 0.4) is 0 Å². The number of benzene rings is 2. The minimum absolute atomic E-state index is 0.318. The summed E-state index contributed by atoms with van der Waals surface area (Å²) in [5.41, 5.74) is 1.96. The number of hydrogen-bond acceptors (Lipinski definition) is 1. The first-order chi connectivity index (χ1) is 9.63. The van der Waals surface area contributed by atoms with Gasteiger partial charge >= 0.3 is 0 Å². The van der Waals surface area contributed by atoms with Gasteiger partial charge in [0.2, 0.25) is 0 Å².